The van der Waals surface area contributed by atoms with Crippen molar-refractivity contribution in [3.8, 4) is 11.5 Å². The van der Waals surface area contributed by atoms with Crippen LogP contribution in [0.5, 0.6) is 11.5 Å². The summed E-state index contributed by atoms with van der Waals surface area (Å²) in [6.45, 7) is 0. The first-order valence-electron chi connectivity index (χ1n) is 23.9. The van der Waals surface area contributed by atoms with Crippen molar-refractivity contribution in [3.63, 3.8) is 0 Å². The number of anilines is 2. The van der Waals surface area contributed by atoms with E-state index < -0.39 is 104 Å². The lowest BCUT2D eigenvalue weighted by Gasteiger charge is -2.14. The summed E-state index contributed by atoms with van der Waals surface area (Å²) < 4.78 is 175. The van der Waals surface area contributed by atoms with E-state index in [-0.39, 0.29) is 88.5 Å². The maximum atomic E-state index is 13.2. The molecule has 0 aliphatic heterocycles. The van der Waals surface area contributed by atoms with Gasteiger partial charge in [0.1, 0.15) is 22.0 Å². The van der Waals surface area contributed by atoms with Crippen LogP contribution >= 0.6 is 0 Å². The SMILES string of the molecule is O=C(O)c1ccc(N=Nc2c(Nc3ccccc3)ccc3c(O)c(N=Nc4ccc(N=Nc5ccc(N=Nc6cc(S(=O)(=O)O)cc7cc(S(=O)(=O)O)cc(O)c67)c6ccc(S(=O)(=O)O)cc56)c5ccc(S(=O)(=O)O)cc45)c(S(=O)(=O)O)cc23)cc1. The maximum Gasteiger partial charge on any atom is 0.335 e. The molecule has 10 rings (SSSR count). The Bertz CT molecular complexity index is 5280. The number of para-hydroxylation sites is 1. The molecular formula is C53H35N9O19S5. The lowest BCUT2D eigenvalue weighted by atomic mass is 10.0. The zero-order valence-corrected chi connectivity index (χ0v) is 46.8. The summed E-state index contributed by atoms with van der Waals surface area (Å²) >= 11 is 0. The molecule has 0 amide bonds. The van der Waals surface area contributed by atoms with E-state index in [9.17, 15) is 85.0 Å². The van der Waals surface area contributed by atoms with Gasteiger partial charge in [-0.05, 0) is 127 Å². The fraction of sp³-hybridized carbons (Fsp3) is 0. The number of carboxylic acids is 1. The number of carboxylic acid groups (broad SMARTS) is 1. The summed E-state index contributed by atoms with van der Waals surface area (Å²) in [5.41, 5.74) is -0.994. The van der Waals surface area contributed by atoms with Crippen LogP contribution in [0.25, 0.3) is 43.1 Å². The van der Waals surface area contributed by atoms with Gasteiger partial charge in [0.05, 0.1) is 70.3 Å². The van der Waals surface area contributed by atoms with E-state index in [1.54, 1.807) is 30.3 Å². The molecule has 0 bridgehead atoms. The Labute approximate surface area is 484 Å². The Morgan fingerprint density at radius 1 is 0.384 bits per heavy atom. The van der Waals surface area contributed by atoms with E-state index in [1.807, 2.05) is 0 Å². The molecule has 0 fully saturated rings. The van der Waals surface area contributed by atoms with Crippen LogP contribution in [0.1, 0.15) is 10.4 Å². The van der Waals surface area contributed by atoms with Gasteiger partial charge in [-0.2, -0.15) is 47.2 Å². The third-order valence-electron chi connectivity index (χ3n) is 12.7. The third-order valence-corrected chi connectivity index (χ3v) is 17.0. The van der Waals surface area contributed by atoms with Gasteiger partial charge in [-0.25, -0.2) is 4.79 Å². The number of hydrogen-bond donors (Lipinski definition) is 9. The van der Waals surface area contributed by atoms with Crippen molar-refractivity contribution in [1.82, 2.24) is 0 Å². The molecule has 0 aliphatic rings. The van der Waals surface area contributed by atoms with Gasteiger partial charge in [0.15, 0.2) is 5.75 Å². The Morgan fingerprint density at radius 3 is 1.35 bits per heavy atom. The Balaban J connectivity index is 1.08. The summed E-state index contributed by atoms with van der Waals surface area (Å²) in [4.78, 5) is 7.48. The highest BCUT2D eigenvalue weighted by Crippen LogP contribution is 2.48. The summed E-state index contributed by atoms with van der Waals surface area (Å²) in [6.07, 6.45) is 0. The number of fused-ring (bicyclic) bond motifs is 4. The van der Waals surface area contributed by atoms with Crippen molar-refractivity contribution in [2.75, 3.05) is 5.32 Å². The number of nitrogens with zero attached hydrogens (tertiary/aromatic N) is 8. The van der Waals surface area contributed by atoms with Crippen LogP contribution < -0.4 is 5.32 Å². The van der Waals surface area contributed by atoms with E-state index in [1.165, 1.54) is 72.8 Å². The van der Waals surface area contributed by atoms with Gasteiger partial charge in [0.2, 0.25) is 0 Å². The van der Waals surface area contributed by atoms with E-state index in [0.717, 1.165) is 48.5 Å². The second kappa shape index (κ2) is 22.2. The lowest BCUT2D eigenvalue weighted by molar-refractivity contribution is 0.0696. The average molecular weight is 1260 g/mol. The van der Waals surface area contributed by atoms with Crippen LogP contribution in [-0.2, 0) is 50.6 Å². The number of phenols is 2. The molecule has 436 valence electrons. The number of nitrogens with one attached hydrogen (secondary N) is 1. The van der Waals surface area contributed by atoms with Gasteiger partial charge in [0, 0.05) is 44.1 Å². The molecule has 10 aromatic carbocycles. The highest BCUT2D eigenvalue weighted by Gasteiger charge is 2.26. The number of rotatable bonds is 16. The third kappa shape index (κ3) is 12.3. The van der Waals surface area contributed by atoms with E-state index in [4.69, 9.17) is 0 Å². The zero-order valence-electron chi connectivity index (χ0n) is 42.7. The van der Waals surface area contributed by atoms with Crippen LogP contribution in [0.15, 0.2) is 223 Å². The Kier molecular flexibility index (Phi) is 15.3. The van der Waals surface area contributed by atoms with Crippen LogP contribution in [0.3, 0.4) is 0 Å². The zero-order chi connectivity index (χ0) is 61.8. The molecule has 0 unspecified atom stereocenters. The van der Waals surface area contributed by atoms with E-state index >= 15 is 0 Å². The molecule has 0 heterocycles. The van der Waals surface area contributed by atoms with Crippen LogP contribution in [0.4, 0.5) is 56.9 Å². The normalized spacial score (nSPS) is 12.9. The predicted octanol–water partition coefficient (Wildman–Crippen LogP) is 13.0. The van der Waals surface area contributed by atoms with Gasteiger partial charge in [0.25, 0.3) is 50.6 Å². The second-order valence-corrected chi connectivity index (χ2v) is 25.3. The van der Waals surface area contributed by atoms with Crippen LogP contribution in [0.2, 0.25) is 0 Å². The molecule has 0 spiro atoms. The molecule has 0 saturated heterocycles. The van der Waals surface area contributed by atoms with Gasteiger partial charge in [-0.1, -0.05) is 30.3 Å². The average Bonchev–Trinajstić information content (AvgIpc) is 1.52. The molecule has 0 saturated carbocycles. The first-order valence-corrected chi connectivity index (χ1v) is 31.1. The highest BCUT2D eigenvalue weighted by molar-refractivity contribution is 7.87. The van der Waals surface area contributed by atoms with Gasteiger partial charge in [-0.15, -0.1) is 35.8 Å². The smallest absolute Gasteiger partial charge is 0.335 e. The van der Waals surface area contributed by atoms with Gasteiger partial charge in [-0.3, -0.25) is 22.8 Å². The number of azo groups is 4. The first kappa shape index (κ1) is 59.2. The molecule has 33 heteroatoms. The number of hydrogen-bond acceptors (Lipinski definition) is 22. The van der Waals surface area contributed by atoms with Crippen molar-refractivity contribution in [1.29, 1.82) is 0 Å². The maximum absolute atomic E-state index is 13.2. The van der Waals surface area contributed by atoms with Crippen LogP contribution in [0, 0.1) is 0 Å². The number of benzene rings is 10. The van der Waals surface area contributed by atoms with E-state index in [0.29, 0.717) is 11.8 Å². The summed E-state index contributed by atoms with van der Waals surface area (Å²) in [6, 6.07) is 32.0. The number of aromatic carboxylic acids is 1. The van der Waals surface area contributed by atoms with Crippen molar-refractivity contribution >= 4 is 157 Å². The number of carbonyl (C=O) groups is 1. The first-order chi connectivity index (χ1) is 40.4. The van der Waals surface area contributed by atoms with E-state index in [2.05, 4.69) is 46.2 Å². The molecule has 0 aromatic heterocycles. The second-order valence-electron chi connectivity index (χ2n) is 18.3. The summed E-state index contributed by atoms with van der Waals surface area (Å²) in [5, 5.41) is 67.8. The van der Waals surface area contributed by atoms with Crippen molar-refractivity contribution in [3.05, 3.63) is 163 Å². The Morgan fingerprint density at radius 2 is 0.849 bits per heavy atom. The summed E-state index contributed by atoms with van der Waals surface area (Å²) in [7, 11) is -25.1. The largest absolute Gasteiger partial charge is 0.507 e. The Hall–Kier alpha value is -9.94. The minimum Gasteiger partial charge on any atom is -0.507 e. The lowest BCUT2D eigenvalue weighted by Crippen LogP contribution is -2.00. The fourth-order valence-electron chi connectivity index (χ4n) is 8.74. The molecule has 86 heavy (non-hydrogen) atoms. The quantitative estimate of drug-likeness (QED) is 0.0320. The topological polar surface area (TPSA) is 461 Å². The predicted molar refractivity (Wildman–Crippen MR) is 308 cm³/mol. The minimum absolute atomic E-state index is 0.0287. The number of phenolic OH excluding ortho intramolecular Hbond substituents is 2. The molecular weight excluding hydrogens is 1230 g/mol. The fourth-order valence-corrected chi connectivity index (χ4v) is 11.5. The van der Waals surface area contributed by atoms with Gasteiger partial charge >= 0.3 is 5.97 Å². The molecule has 0 aliphatic carbocycles. The standard InChI is InChI=1S/C53H35N9O19S5/c63-47-25-34(85(76,77)78)21-28-20-33(84(73,74)75)24-46(49(28)47)60-57-42-16-18-43(38-22-31(82(67,68)69)10-12-35(38)42)58-56-41-17-19-44(39-23-32(83(70,71)72)11-13-36(39)41)59-62-51-48(86(79,80)81)26-40-37(52(51)64)14-15-45(54-29-4-2-1-3-5-29)50(40)61-55-30-8-6-27(7-9-30)53(65)66/h1-26,54,63-64H,(H,65,66)(H,67,68,69)(H,70,71,72)(H,73,74,75)(H,76,77,78)(H,79,80,81). The van der Waals surface area contributed by atoms with Crippen molar-refractivity contribution in [2.24, 2.45) is 40.9 Å². The van der Waals surface area contributed by atoms with Crippen molar-refractivity contribution in [2.45, 2.75) is 24.5 Å². The van der Waals surface area contributed by atoms with Gasteiger partial charge < -0.3 is 20.6 Å². The monoisotopic (exact) mass is 1260 g/mol. The minimum atomic E-state index is -5.32. The highest BCUT2D eigenvalue weighted by atomic mass is 32.2. The molecule has 0 radical (unpaired) electrons. The van der Waals surface area contributed by atoms with Crippen LogP contribution in [-0.4, -0.2) is 86.1 Å². The number of aromatic hydroxyl groups is 2. The molecule has 0 atom stereocenters. The molecule has 9 N–H and O–H groups in total. The molecule has 10 aromatic rings. The van der Waals surface area contributed by atoms with Crippen molar-refractivity contribution < 1.29 is 85.0 Å². The molecule has 28 nitrogen and oxygen atoms in total. The summed E-state index contributed by atoms with van der Waals surface area (Å²) in [5.74, 6) is -2.86.